The molecule has 1 amide bonds. The number of hydrogen-bond acceptors (Lipinski definition) is 4. The number of rotatable bonds is 4. The number of nitrogens with one attached hydrogen (secondary N) is 2. The van der Waals surface area contributed by atoms with Crippen molar-refractivity contribution >= 4 is 5.91 Å². The molecular formula is C13H20N4O2. The fourth-order valence-corrected chi connectivity index (χ4v) is 1.98. The monoisotopic (exact) mass is 264 g/mol. The average molecular weight is 264 g/mol. The Kier molecular flexibility index (Phi) is 4.31. The van der Waals surface area contributed by atoms with Crippen LogP contribution in [0.5, 0.6) is 0 Å². The summed E-state index contributed by atoms with van der Waals surface area (Å²) in [6, 6.07) is 1.57. The maximum atomic E-state index is 11.9. The molecule has 0 fully saturated rings. The molecule has 1 aromatic heterocycles. The van der Waals surface area contributed by atoms with Crippen molar-refractivity contribution in [2.24, 2.45) is 5.92 Å². The quantitative estimate of drug-likeness (QED) is 0.780. The van der Waals surface area contributed by atoms with Crippen molar-refractivity contribution in [3.05, 3.63) is 27.7 Å². The van der Waals surface area contributed by atoms with E-state index in [4.69, 9.17) is 0 Å². The number of carbonyl (C=O) groups excluding carboxylic acids is 1. The summed E-state index contributed by atoms with van der Waals surface area (Å²) in [7, 11) is 0. The molecule has 104 valence electrons. The van der Waals surface area contributed by atoms with Gasteiger partial charge < -0.3 is 10.6 Å². The highest BCUT2D eigenvalue weighted by atomic mass is 16.2. The lowest BCUT2D eigenvalue weighted by Gasteiger charge is -2.17. The predicted octanol–water partition coefficient (Wildman–Crippen LogP) is -0.339. The van der Waals surface area contributed by atoms with Gasteiger partial charge in [0.05, 0.1) is 5.69 Å². The first-order chi connectivity index (χ1) is 9.06. The van der Waals surface area contributed by atoms with Crippen LogP contribution in [0.2, 0.25) is 0 Å². The van der Waals surface area contributed by atoms with E-state index < -0.39 is 0 Å². The summed E-state index contributed by atoms with van der Waals surface area (Å²) >= 11 is 0. The van der Waals surface area contributed by atoms with Gasteiger partial charge in [-0.3, -0.25) is 9.59 Å². The van der Waals surface area contributed by atoms with Gasteiger partial charge in [-0.2, -0.15) is 5.10 Å². The van der Waals surface area contributed by atoms with Crippen molar-refractivity contribution in [3.8, 4) is 0 Å². The first-order valence-corrected chi connectivity index (χ1v) is 6.63. The highest BCUT2D eigenvalue weighted by Gasteiger charge is 2.14. The summed E-state index contributed by atoms with van der Waals surface area (Å²) in [5, 5.41) is 10.3. The molecule has 0 bridgehead atoms. The summed E-state index contributed by atoms with van der Waals surface area (Å²) < 4.78 is 1.25. The van der Waals surface area contributed by atoms with Gasteiger partial charge >= 0.3 is 0 Å². The third-order valence-electron chi connectivity index (χ3n) is 3.02. The first kappa shape index (κ1) is 13.7. The van der Waals surface area contributed by atoms with Crippen LogP contribution < -0.4 is 16.2 Å². The van der Waals surface area contributed by atoms with Crippen molar-refractivity contribution < 1.29 is 4.79 Å². The molecule has 0 aliphatic carbocycles. The van der Waals surface area contributed by atoms with Crippen molar-refractivity contribution in [2.45, 2.75) is 33.4 Å². The molecule has 1 aromatic rings. The molecule has 0 radical (unpaired) electrons. The van der Waals surface area contributed by atoms with Crippen LogP contribution in [0.3, 0.4) is 0 Å². The molecule has 2 rings (SSSR count). The second kappa shape index (κ2) is 5.97. The van der Waals surface area contributed by atoms with E-state index in [-0.39, 0.29) is 18.0 Å². The number of amides is 1. The largest absolute Gasteiger partial charge is 0.354 e. The lowest BCUT2D eigenvalue weighted by molar-refractivity contribution is -0.122. The van der Waals surface area contributed by atoms with Gasteiger partial charge in [-0.1, -0.05) is 13.8 Å². The van der Waals surface area contributed by atoms with E-state index in [9.17, 15) is 9.59 Å². The highest BCUT2D eigenvalue weighted by molar-refractivity contribution is 5.75. The van der Waals surface area contributed by atoms with Crippen LogP contribution in [0.25, 0.3) is 0 Å². The molecule has 1 aliphatic heterocycles. The standard InChI is InChI=1S/C13H20N4O2/c1-9(2)6-15-12(18)8-17-13(19)5-10-7-14-4-3-11(10)16-17/h5,9,14H,3-4,6-8H2,1-2H3,(H,15,18). The zero-order chi connectivity index (χ0) is 13.8. The van der Waals surface area contributed by atoms with Crippen LogP contribution in [0.15, 0.2) is 10.9 Å². The number of fused-ring (bicyclic) bond motifs is 1. The number of nitrogens with zero attached hydrogens (tertiary/aromatic N) is 2. The van der Waals surface area contributed by atoms with Crippen molar-refractivity contribution in [1.29, 1.82) is 0 Å². The third kappa shape index (κ3) is 3.64. The summed E-state index contributed by atoms with van der Waals surface area (Å²) in [6.07, 6.45) is 0.795. The van der Waals surface area contributed by atoms with Gasteiger partial charge in [0.2, 0.25) is 5.91 Å². The van der Waals surface area contributed by atoms with Crippen LogP contribution in [0.4, 0.5) is 0 Å². The molecule has 0 saturated heterocycles. The van der Waals surface area contributed by atoms with Crippen molar-refractivity contribution in [3.63, 3.8) is 0 Å². The number of aromatic nitrogens is 2. The predicted molar refractivity (Wildman–Crippen MR) is 71.8 cm³/mol. The SMILES string of the molecule is CC(C)CNC(=O)Cn1nc2c(cc1=O)CNCC2. The highest BCUT2D eigenvalue weighted by Crippen LogP contribution is 2.07. The summed E-state index contributed by atoms with van der Waals surface area (Å²) in [6.45, 7) is 6.19. The molecule has 6 heteroatoms. The molecule has 0 saturated carbocycles. The van der Waals surface area contributed by atoms with Gasteiger partial charge in [0.25, 0.3) is 5.56 Å². The second-order valence-electron chi connectivity index (χ2n) is 5.24. The van der Waals surface area contributed by atoms with Gasteiger partial charge in [0.15, 0.2) is 0 Å². The summed E-state index contributed by atoms with van der Waals surface area (Å²) in [5.41, 5.74) is 1.63. The van der Waals surface area contributed by atoms with E-state index in [0.717, 1.165) is 24.2 Å². The molecule has 0 atom stereocenters. The van der Waals surface area contributed by atoms with E-state index in [2.05, 4.69) is 15.7 Å². The Labute approximate surface area is 112 Å². The van der Waals surface area contributed by atoms with Gasteiger partial charge in [-0.15, -0.1) is 0 Å². The Morgan fingerprint density at radius 3 is 3.11 bits per heavy atom. The molecule has 2 heterocycles. The van der Waals surface area contributed by atoms with E-state index in [0.29, 0.717) is 19.0 Å². The molecule has 0 spiro atoms. The zero-order valence-electron chi connectivity index (χ0n) is 11.4. The van der Waals surface area contributed by atoms with Crippen LogP contribution in [-0.4, -0.2) is 28.8 Å². The second-order valence-corrected chi connectivity index (χ2v) is 5.24. The number of hydrogen-bond donors (Lipinski definition) is 2. The molecule has 0 aromatic carbocycles. The van der Waals surface area contributed by atoms with Crippen LogP contribution >= 0.6 is 0 Å². The van der Waals surface area contributed by atoms with Crippen molar-refractivity contribution in [2.75, 3.05) is 13.1 Å². The van der Waals surface area contributed by atoms with Crippen LogP contribution in [0, 0.1) is 5.92 Å². The Hall–Kier alpha value is -1.69. The third-order valence-corrected chi connectivity index (χ3v) is 3.02. The summed E-state index contributed by atoms with van der Waals surface area (Å²) in [5.74, 6) is 0.223. The van der Waals surface area contributed by atoms with E-state index >= 15 is 0 Å². The topological polar surface area (TPSA) is 76.0 Å². The minimum Gasteiger partial charge on any atom is -0.354 e. The van der Waals surface area contributed by atoms with E-state index in [1.165, 1.54) is 4.68 Å². The zero-order valence-corrected chi connectivity index (χ0v) is 11.4. The van der Waals surface area contributed by atoms with E-state index in [1.54, 1.807) is 6.07 Å². The molecule has 19 heavy (non-hydrogen) atoms. The molecule has 1 aliphatic rings. The molecule has 2 N–H and O–H groups in total. The van der Waals surface area contributed by atoms with Gasteiger partial charge in [0, 0.05) is 32.1 Å². The van der Waals surface area contributed by atoms with Crippen LogP contribution in [0.1, 0.15) is 25.1 Å². The average Bonchev–Trinajstić information content (AvgIpc) is 2.37. The number of carbonyl (C=O) groups is 1. The fraction of sp³-hybridized carbons (Fsp3) is 0.615. The lowest BCUT2D eigenvalue weighted by Crippen LogP contribution is -2.37. The van der Waals surface area contributed by atoms with Crippen LogP contribution in [-0.2, 0) is 24.3 Å². The summed E-state index contributed by atoms with van der Waals surface area (Å²) in [4.78, 5) is 23.6. The maximum Gasteiger partial charge on any atom is 0.267 e. The lowest BCUT2D eigenvalue weighted by atomic mass is 10.1. The fourth-order valence-electron chi connectivity index (χ4n) is 1.98. The van der Waals surface area contributed by atoms with Gasteiger partial charge in [0.1, 0.15) is 6.54 Å². The minimum absolute atomic E-state index is 0.00768. The Morgan fingerprint density at radius 1 is 1.58 bits per heavy atom. The maximum absolute atomic E-state index is 11.9. The minimum atomic E-state index is -0.220. The first-order valence-electron chi connectivity index (χ1n) is 6.63. The van der Waals surface area contributed by atoms with Gasteiger partial charge in [-0.25, -0.2) is 4.68 Å². The Morgan fingerprint density at radius 2 is 2.37 bits per heavy atom. The smallest absolute Gasteiger partial charge is 0.267 e. The normalized spacial score (nSPS) is 14.3. The van der Waals surface area contributed by atoms with E-state index in [1.807, 2.05) is 13.8 Å². The van der Waals surface area contributed by atoms with Crippen molar-refractivity contribution in [1.82, 2.24) is 20.4 Å². The Bertz CT molecular complexity index is 522. The Balaban J connectivity index is 2.08. The molecule has 0 unspecified atom stereocenters. The molecule has 6 nitrogen and oxygen atoms in total. The molecular weight excluding hydrogens is 244 g/mol. The van der Waals surface area contributed by atoms with Gasteiger partial charge in [-0.05, 0) is 11.5 Å².